The zero-order valence-corrected chi connectivity index (χ0v) is 8.12. The minimum absolute atomic E-state index is 1.31. The Balaban J connectivity index is 3.01. The lowest BCUT2D eigenvalue weighted by molar-refractivity contribution is 0.925. The molecule has 0 nitrogen and oxygen atoms in total. The molecule has 1 fully saturated rings. The molecule has 0 radical (unpaired) electrons. The van der Waals surface area contributed by atoms with E-state index in [2.05, 4.69) is 27.7 Å². The monoisotopic (exact) mass is 150 g/mol. The van der Waals surface area contributed by atoms with Gasteiger partial charge in [-0.3, -0.25) is 0 Å². The second-order valence-electron chi connectivity index (χ2n) is 3.81. The molecule has 11 heavy (non-hydrogen) atoms. The van der Waals surface area contributed by atoms with Gasteiger partial charge in [-0.1, -0.05) is 11.1 Å². The van der Waals surface area contributed by atoms with Gasteiger partial charge in [-0.2, -0.15) is 0 Å². The maximum atomic E-state index is 2.23. The maximum absolute atomic E-state index is 2.23. The van der Waals surface area contributed by atoms with Gasteiger partial charge in [0.1, 0.15) is 0 Å². The van der Waals surface area contributed by atoms with Crippen molar-refractivity contribution in [1.29, 1.82) is 0 Å². The van der Waals surface area contributed by atoms with Gasteiger partial charge in [0, 0.05) is 0 Å². The first-order valence-electron chi connectivity index (χ1n) is 4.46. The van der Waals surface area contributed by atoms with Crippen LogP contribution in [0, 0.1) is 0 Å². The minimum atomic E-state index is 1.31. The van der Waals surface area contributed by atoms with Crippen LogP contribution in [0.2, 0.25) is 0 Å². The van der Waals surface area contributed by atoms with E-state index < -0.39 is 0 Å². The Hall–Kier alpha value is -0.520. The molecule has 0 aromatic heterocycles. The number of allylic oxidation sites excluding steroid dienone is 4. The van der Waals surface area contributed by atoms with E-state index >= 15 is 0 Å². The van der Waals surface area contributed by atoms with Crippen LogP contribution in [0.4, 0.5) is 0 Å². The molecule has 0 aromatic rings. The molecule has 0 saturated heterocycles. The summed E-state index contributed by atoms with van der Waals surface area (Å²) in [4.78, 5) is 0. The van der Waals surface area contributed by atoms with Crippen molar-refractivity contribution in [2.24, 2.45) is 0 Å². The lowest BCUT2D eigenvalue weighted by Gasteiger charge is -2.05. The lowest BCUT2D eigenvalue weighted by Crippen LogP contribution is -1.85. The van der Waals surface area contributed by atoms with Gasteiger partial charge in [0.15, 0.2) is 0 Å². The lowest BCUT2D eigenvalue weighted by atomic mass is 10.0. The van der Waals surface area contributed by atoms with Gasteiger partial charge in [-0.25, -0.2) is 0 Å². The maximum Gasteiger partial charge on any atom is -0.0274 e. The fourth-order valence-electron chi connectivity index (χ4n) is 1.85. The van der Waals surface area contributed by atoms with Crippen LogP contribution >= 0.6 is 0 Å². The van der Waals surface area contributed by atoms with Crippen molar-refractivity contribution in [2.45, 2.75) is 47.0 Å². The van der Waals surface area contributed by atoms with Crippen LogP contribution in [-0.4, -0.2) is 0 Å². The summed E-state index contributed by atoms with van der Waals surface area (Å²) in [5, 5.41) is 0. The molecule has 0 bridgehead atoms. The van der Waals surface area contributed by atoms with E-state index in [1.54, 1.807) is 11.1 Å². The van der Waals surface area contributed by atoms with E-state index in [-0.39, 0.29) is 0 Å². The second-order valence-corrected chi connectivity index (χ2v) is 3.81. The number of hydrogen-bond donors (Lipinski definition) is 0. The van der Waals surface area contributed by atoms with E-state index in [1.165, 1.54) is 30.4 Å². The van der Waals surface area contributed by atoms with Crippen molar-refractivity contribution in [3.05, 3.63) is 22.3 Å². The van der Waals surface area contributed by atoms with Crippen LogP contribution < -0.4 is 0 Å². The second kappa shape index (κ2) is 3.25. The quantitative estimate of drug-likeness (QED) is 0.492. The van der Waals surface area contributed by atoms with Crippen LogP contribution in [0.25, 0.3) is 0 Å². The summed E-state index contributed by atoms with van der Waals surface area (Å²) in [7, 11) is 0. The molecule has 0 N–H and O–H groups in total. The fourth-order valence-corrected chi connectivity index (χ4v) is 1.85. The molecule has 1 saturated carbocycles. The highest BCUT2D eigenvalue weighted by atomic mass is 14.2. The van der Waals surface area contributed by atoms with E-state index in [1.807, 2.05) is 0 Å². The normalized spacial score (nSPS) is 17.5. The molecule has 0 aromatic carbocycles. The van der Waals surface area contributed by atoms with Gasteiger partial charge in [0.05, 0.1) is 0 Å². The van der Waals surface area contributed by atoms with Crippen molar-refractivity contribution >= 4 is 0 Å². The Bertz CT molecular complexity index is 184. The van der Waals surface area contributed by atoms with Gasteiger partial charge in [0.2, 0.25) is 0 Å². The van der Waals surface area contributed by atoms with Crippen molar-refractivity contribution in [2.75, 3.05) is 0 Å². The highest BCUT2D eigenvalue weighted by Crippen LogP contribution is 2.34. The first kappa shape index (κ1) is 8.58. The summed E-state index contributed by atoms with van der Waals surface area (Å²) in [6.45, 7) is 8.90. The van der Waals surface area contributed by atoms with Crippen molar-refractivity contribution in [1.82, 2.24) is 0 Å². The number of hydrogen-bond acceptors (Lipinski definition) is 0. The fraction of sp³-hybridized carbons (Fsp3) is 0.636. The molecule has 0 atom stereocenters. The first-order chi connectivity index (χ1) is 5.13. The summed E-state index contributed by atoms with van der Waals surface area (Å²) < 4.78 is 0. The van der Waals surface area contributed by atoms with Crippen molar-refractivity contribution in [3.8, 4) is 0 Å². The van der Waals surface area contributed by atoms with Gasteiger partial charge < -0.3 is 0 Å². The van der Waals surface area contributed by atoms with E-state index in [0.717, 1.165) is 0 Å². The van der Waals surface area contributed by atoms with Gasteiger partial charge in [0.25, 0.3) is 0 Å². The summed E-state index contributed by atoms with van der Waals surface area (Å²) in [6.07, 6.45) is 3.98. The highest BCUT2D eigenvalue weighted by Gasteiger charge is 2.14. The molecule has 0 amide bonds. The van der Waals surface area contributed by atoms with Gasteiger partial charge in [-0.05, 0) is 58.1 Å². The van der Waals surface area contributed by atoms with E-state index in [9.17, 15) is 0 Å². The molecule has 1 aliphatic rings. The largest absolute Gasteiger partial charge is 0.0730 e. The van der Waals surface area contributed by atoms with Crippen LogP contribution in [0.3, 0.4) is 0 Å². The van der Waals surface area contributed by atoms with Crippen molar-refractivity contribution in [3.63, 3.8) is 0 Å². The molecule has 0 heterocycles. The van der Waals surface area contributed by atoms with Gasteiger partial charge in [-0.15, -0.1) is 0 Å². The smallest absolute Gasteiger partial charge is 0.0274 e. The zero-order valence-electron chi connectivity index (χ0n) is 8.12. The molecular weight excluding hydrogens is 132 g/mol. The first-order valence-corrected chi connectivity index (χ1v) is 4.46. The third-order valence-corrected chi connectivity index (χ3v) is 2.42. The summed E-state index contributed by atoms with van der Waals surface area (Å²) >= 11 is 0. The Kier molecular flexibility index (Phi) is 2.53. The van der Waals surface area contributed by atoms with Crippen LogP contribution in [0.5, 0.6) is 0 Å². The summed E-state index contributed by atoms with van der Waals surface area (Å²) in [6, 6.07) is 0. The molecule has 1 rings (SSSR count). The summed E-state index contributed by atoms with van der Waals surface area (Å²) in [5.41, 5.74) is 6.28. The van der Waals surface area contributed by atoms with Gasteiger partial charge >= 0.3 is 0 Å². The predicted octanol–water partition coefficient (Wildman–Crippen LogP) is 3.84. The third kappa shape index (κ3) is 1.74. The SMILES string of the molecule is CC(C)=C1CCCC1=C(C)C. The van der Waals surface area contributed by atoms with Crippen LogP contribution in [0.1, 0.15) is 47.0 Å². The Labute approximate surface area is 70.0 Å². The Morgan fingerprint density at radius 3 is 1.45 bits per heavy atom. The third-order valence-electron chi connectivity index (χ3n) is 2.42. The predicted molar refractivity (Wildman–Crippen MR) is 50.6 cm³/mol. The number of rotatable bonds is 0. The minimum Gasteiger partial charge on any atom is -0.0730 e. The molecule has 0 unspecified atom stereocenters. The Morgan fingerprint density at radius 2 is 1.18 bits per heavy atom. The average Bonchev–Trinajstić information content (AvgIpc) is 2.32. The average molecular weight is 150 g/mol. The highest BCUT2D eigenvalue weighted by molar-refractivity contribution is 5.40. The zero-order chi connectivity index (χ0) is 8.43. The standard InChI is InChI=1S/C11H18/c1-8(2)10-6-5-7-11(10)9(3)4/h5-7H2,1-4H3. The molecule has 0 aliphatic heterocycles. The summed E-state index contributed by atoms with van der Waals surface area (Å²) in [5.74, 6) is 0. The van der Waals surface area contributed by atoms with Crippen molar-refractivity contribution < 1.29 is 0 Å². The molecule has 0 heteroatoms. The molecule has 1 aliphatic carbocycles. The van der Waals surface area contributed by atoms with Crippen LogP contribution in [0.15, 0.2) is 22.3 Å². The van der Waals surface area contributed by atoms with E-state index in [0.29, 0.717) is 0 Å². The van der Waals surface area contributed by atoms with Crippen LogP contribution in [-0.2, 0) is 0 Å². The topological polar surface area (TPSA) is 0 Å². The molecule has 0 spiro atoms. The van der Waals surface area contributed by atoms with E-state index in [4.69, 9.17) is 0 Å². The molecule has 62 valence electrons. The Morgan fingerprint density at radius 1 is 0.818 bits per heavy atom. The molecular formula is C11H18.